The van der Waals surface area contributed by atoms with Gasteiger partial charge in [0.2, 0.25) is 0 Å². The molecule has 0 saturated heterocycles. The fourth-order valence-electron chi connectivity index (χ4n) is 2.28. The number of hydrogen-bond donors (Lipinski definition) is 0. The molecule has 128 valence electrons. The third-order valence-corrected chi connectivity index (χ3v) is 3.83. The van der Waals surface area contributed by atoms with Crippen molar-refractivity contribution in [2.45, 2.75) is 19.9 Å². The van der Waals surface area contributed by atoms with Gasteiger partial charge in [0.15, 0.2) is 6.61 Å². The Labute approximate surface area is 147 Å². The van der Waals surface area contributed by atoms with Crippen LogP contribution in [0.4, 0.5) is 0 Å². The molecule has 0 aliphatic heterocycles. The average molecular weight is 336 g/mol. The van der Waals surface area contributed by atoms with Gasteiger partial charge >= 0.3 is 5.97 Å². The molecule has 0 aliphatic carbocycles. The number of rotatable bonds is 6. The van der Waals surface area contributed by atoms with E-state index in [0.29, 0.717) is 12.1 Å². The largest absolute Gasteiger partial charge is 0.452 e. The van der Waals surface area contributed by atoms with E-state index in [0.717, 1.165) is 12.0 Å². The lowest BCUT2D eigenvalue weighted by molar-refractivity contribution is -0.133. The highest BCUT2D eigenvalue weighted by Gasteiger charge is 2.14. The molecule has 5 nitrogen and oxygen atoms in total. The van der Waals surface area contributed by atoms with Crippen molar-refractivity contribution in [3.63, 3.8) is 0 Å². The van der Waals surface area contributed by atoms with E-state index in [9.17, 15) is 9.59 Å². The minimum absolute atomic E-state index is 0.254. The predicted molar refractivity (Wildman–Crippen MR) is 93.7 cm³/mol. The molecule has 0 fully saturated rings. The van der Waals surface area contributed by atoms with Crippen LogP contribution in [0.3, 0.4) is 0 Å². The van der Waals surface area contributed by atoms with E-state index in [1.54, 1.807) is 25.2 Å². The van der Waals surface area contributed by atoms with E-state index in [4.69, 9.17) is 10.00 Å². The van der Waals surface area contributed by atoms with Crippen molar-refractivity contribution in [3.8, 4) is 6.07 Å². The van der Waals surface area contributed by atoms with Gasteiger partial charge in [-0.25, -0.2) is 4.79 Å². The van der Waals surface area contributed by atoms with E-state index in [1.807, 2.05) is 30.3 Å². The quantitative estimate of drug-likeness (QED) is 0.761. The zero-order chi connectivity index (χ0) is 18.2. The molecule has 0 saturated carbocycles. The second-order valence-electron chi connectivity index (χ2n) is 5.69. The van der Waals surface area contributed by atoms with Gasteiger partial charge in [-0.3, -0.25) is 4.79 Å². The Morgan fingerprint density at radius 2 is 1.80 bits per heavy atom. The number of nitrogens with zero attached hydrogens (tertiary/aromatic N) is 2. The van der Waals surface area contributed by atoms with Gasteiger partial charge in [-0.1, -0.05) is 37.3 Å². The molecule has 1 amide bonds. The van der Waals surface area contributed by atoms with Gasteiger partial charge in [0.1, 0.15) is 0 Å². The predicted octanol–water partition coefficient (Wildman–Crippen LogP) is 2.94. The maximum Gasteiger partial charge on any atom is 0.338 e. The first-order chi connectivity index (χ1) is 12.0. The highest BCUT2D eigenvalue weighted by Crippen LogP contribution is 2.09. The molecule has 2 aromatic rings. The molecular formula is C20H20N2O3. The number of likely N-dealkylation sites (N-methyl/N-ethyl adjacent to an activating group) is 1. The summed E-state index contributed by atoms with van der Waals surface area (Å²) in [6, 6.07) is 16.2. The van der Waals surface area contributed by atoms with Gasteiger partial charge in [0.25, 0.3) is 5.91 Å². The fourth-order valence-corrected chi connectivity index (χ4v) is 2.28. The summed E-state index contributed by atoms with van der Waals surface area (Å²) in [7, 11) is 1.67. The van der Waals surface area contributed by atoms with Crippen molar-refractivity contribution in [1.29, 1.82) is 5.26 Å². The first-order valence-corrected chi connectivity index (χ1v) is 8.02. The van der Waals surface area contributed by atoms with Gasteiger partial charge in [0, 0.05) is 13.6 Å². The van der Waals surface area contributed by atoms with Crippen molar-refractivity contribution >= 4 is 11.9 Å². The fraction of sp³-hybridized carbons (Fsp3) is 0.250. The molecule has 0 unspecified atom stereocenters. The first kappa shape index (κ1) is 18.2. The van der Waals surface area contributed by atoms with Crippen LogP contribution in [0, 0.1) is 11.3 Å². The molecule has 2 aromatic carbocycles. The molecule has 0 bridgehead atoms. The van der Waals surface area contributed by atoms with E-state index >= 15 is 0 Å². The lowest BCUT2D eigenvalue weighted by atomic mass is 10.1. The monoisotopic (exact) mass is 336 g/mol. The molecule has 0 heterocycles. The standard InChI is InChI=1S/C20H20N2O3/c1-3-15-7-9-16(10-8-15)13-22(2)19(23)14-25-20(24)18-6-4-5-17(11-18)12-21/h4-11H,3,13-14H2,1-2H3. The number of carbonyl (C=O) groups excluding carboxylic acids is 2. The van der Waals surface area contributed by atoms with E-state index < -0.39 is 5.97 Å². The number of esters is 1. The SMILES string of the molecule is CCc1ccc(CN(C)C(=O)COC(=O)c2cccc(C#N)c2)cc1. The number of benzene rings is 2. The highest BCUT2D eigenvalue weighted by molar-refractivity contribution is 5.91. The summed E-state index contributed by atoms with van der Waals surface area (Å²) in [6.07, 6.45) is 0.970. The summed E-state index contributed by atoms with van der Waals surface area (Å²) in [6.45, 7) is 2.20. The summed E-state index contributed by atoms with van der Waals surface area (Å²) in [5, 5.41) is 8.84. The van der Waals surface area contributed by atoms with E-state index in [1.165, 1.54) is 16.5 Å². The minimum Gasteiger partial charge on any atom is -0.452 e. The van der Waals surface area contributed by atoms with Gasteiger partial charge < -0.3 is 9.64 Å². The van der Waals surface area contributed by atoms with E-state index in [-0.39, 0.29) is 18.1 Å². The van der Waals surface area contributed by atoms with Crippen LogP contribution in [0.25, 0.3) is 0 Å². The Hall–Kier alpha value is -3.13. The molecule has 0 aromatic heterocycles. The second-order valence-corrected chi connectivity index (χ2v) is 5.69. The second kappa shape index (κ2) is 8.65. The van der Waals surface area contributed by atoms with Crippen LogP contribution < -0.4 is 0 Å². The third-order valence-electron chi connectivity index (χ3n) is 3.83. The molecule has 2 rings (SSSR count). The molecule has 0 aliphatic rings. The van der Waals surface area contributed by atoms with Crippen LogP contribution in [0.15, 0.2) is 48.5 Å². The zero-order valence-electron chi connectivity index (χ0n) is 14.4. The van der Waals surface area contributed by atoms with Crippen molar-refractivity contribution < 1.29 is 14.3 Å². The Morgan fingerprint density at radius 1 is 1.12 bits per heavy atom. The maximum absolute atomic E-state index is 12.1. The molecule has 5 heteroatoms. The molecule has 0 radical (unpaired) electrons. The number of ether oxygens (including phenoxy) is 1. The smallest absolute Gasteiger partial charge is 0.338 e. The summed E-state index contributed by atoms with van der Waals surface area (Å²) < 4.78 is 5.05. The molecular weight excluding hydrogens is 316 g/mol. The van der Waals surface area contributed by atoms with Crippen molar-refractivity contribution in [2.24, 2.45) is 0 Å². The van der Waals surface area contributed by atoms with Crippen LogP contribution in [-0.2, 0) is 22.5 Å². The lowest BCUT2D eigenvalue weighted by Crippen LogP contribution is -2.30. The normalized spacial score (nSPS) is 9.96. The number of aryl methyl sites for hydroxylation is 1. The summed E-state index contributed by atoms with van der Waals surface area (Å²) in [5.41, 5.74) is 2.88. The zero-order valence-corrected chi connectivity index (χ0v) is 14.4. The van der Waals surface area contributed by atoms with Gasteiger partial charge in [-0.15, -0.1) is 0 Å². The third kappa shape index (κ3) is 5.18. The van der Waals surface area contributed by atoms with Crippen molar-refractivity contribution in [2.75, 3.05) is 13.7 Å². The van der Waals surface area contributed by atoms with Crippen molar-refractivity contribution in [1.82, 2.24) is 4.90 Å². The van der Waals surface area contributed by atoms with Crippen LogP contribution in [0.1, 0.15) is 34.0 Å². The Bertz CT molecular complexity index is 791. The Kier molecular flexibility index (Phi) is 6.30. The summed E-state index contributed by atoms with van der Waals surface area (Å²) in [5.74, 6) is -0.907. The Balaban J connectivity index is 1.87. The number of amides is 1. The molecule has 0 N–H and O–H groups in total. The van der Waals surface area contributed by atoms with Crippen molar-refractivity contribution in [3.05, 3.63) is 70.8 Å². The number of carbonyl (C=O) groups is 2. The molecule has 0 atom stereocenters. The van der Waals surface area contributed by atoms with Gasteiger partial charge in [-0.2, -0.15) is 5.26 Å². The first-order valence-electron chi connectivity index (χ1n) is 8.02. The van der Waals surface area contributed by atoms with Crippen LogP contribution in [-0.4, -0.2) is 30.4 Å². The van der Waals surface area contributed by atoms with Crippen LogP contribution >= 0.6 is 0 Å². The van der Waals surface area contributed by atoms with Gasteiger partial charge in [-0.05, 0) is 35.7 Å². The van der Waals surface area contributed by atoms with Gasteiger partial charge in [0.05, 0.1) is 17.2 Å². The lowest BCUT2D eigenvalue weighted by Gasteiger charge is -2.17. The number of hydrogen-bond acceptors (Lipinski definition) is 4. The number of nitriles is 1. The maximum atomic E-state index is 12.1. The van der Waals surface area contributed by atoms with Crippen LogP contribution in [0.2, 0.25) is 0 Å². The van der Waals surface area contributed by atoms with Crippen LogP contribution in [0.5, 0.6) is 0 Å². The highest BCUT2D eigenvalue weighted by atomic mass is 16.5. The topological polar surface area (TPSA) is 70.4 Å². The molecule has 25 heavy (non-hydrogen) atoms. The summed E-state index contributed by atoms with van der Waals surface area (Å²) in [4.78, 5) is 25.6. The average Bonchev–Trinajstić information content (AvgIpc) is 2.66. The molecule has 0 spiro atoms. The minimum atomic E-state index is -0.619. The van der Waals surface area contributed by atoms with E-state index in [2.05, 4.69) is 6.92 Å². The summed E-state index contributed by atoms with van der Waals surface area (Å²) >= 11 is 0. The Morgan fingerprint density at radius 3 is 2.44 bits per heavy atom.